The second-order valence-electron chi connectivity index (χ2n) is 3.79. The van der Waals surface area contributed by atoms with Crippen LogP contribution in [-0.2, 0) is 4.74 Å². The molecule has 98 valence electrons. The Labute approximate surface area is 104 Å². The molecule has 0 fully saturated rings. The van der Waals surface area contributed by atoms with Gasteiger partial charge in [-0.05, 0) is 19.1 Å². The van der Waals surface area contributed by atoms with E-state index in [0.29, 0.717) is 6.61 Å². The number of rotatable bonds is 5. The summed E-state index contributed by atoms with van der Waals surface area (Å²) in [5, 5.41) is 22.5. The van der Waals surface area contributed by atoms with Crippen LogP contribution in [0.25, 0.3) is 0 Å². The maximum absolute atomic E-state index is 11.7. The molecule has 1 atom stereocenters. The van der Waals surface area contributed by atoms with Crippen LogP contribution in [0.3, 0.4) is 0 Å². The lowest BCUT2D eigenvalue weighted by molar-refractivity contribution is -0.385. The van der Waals surface area contributed by atoms with Crippen molar-refractivity contribution in [2.75, 3.05) is 13.7 Å². The molecule has 0 heterocycles. The molecule has 0 saturated carbocycles. The van der Waals surface area contributed by atoms with E-state index in [4.69, 9.17) is 4.74 Å². The van der Waals surface area contributed by atoms with Gasteiger partial charge in [0.15, 0.2) is 5.75 Å². The molecule has 0 aliphatic carbocycles. The van der Waals surface area contributed by atoms with Crippen LogP contribution in [0.2, 0.25) is 0 Å². The number of hydrogen-bond acceptors (Lipinski definition) is 5. The van der Waals surface area contributed by atoms with Crippen molar-refractivity contribution in [2.45, 2.75) is 13.0 Å². The second-order valence-corrected chi connectivity index (χ2v) is 3.79. The number of amides is 1. The van der Waals surface area contributed by atoms with E-state index >= 15 is 0 Å². The highest BCUT2D eigenvalue weighted by Crippen LogP contribution is 2.26. The van der Waals surface area contributed by atoms with Gasteiger partial charge in [-0.3, -0.25) is 14.9 Å². The summed E-state index contributed by atoms with van der Waals surface area (Å²) in [6.45, 7) is 2.11. The van der Waals surface area contributed by atoms with E-state index in [-0.39, 0.29) is 11.6 Å². The van der Waals surface area contributed by atoms with E-state index in [9.17, 15) is 20.0 Å². The summed E-state index contributed by atoms with van der Waals surface area (Å²) in [6, 6.07) is 3.24. The Morgan fingerprint density at radius 2 is 2.28 bits per heavy atom. The Balaban J connectivity index is 2.81. The first-order valence-corrected chi connectivity index (χ1v) is 5.23. The predicted octanol–water partition coefficient (Wildman–Crippen LogP) is 1.07. The fraction of sp³-hybridized carbons (Fsp3) is 0.364. The van der Waals surface area contributed by atoms with Crippen LogP contribution in [0.15, 0.2) is 18.2 Å². The molecule has 1 unspecified atom stereocenters. The third-order valence-corrected chi connectivity index (χ3v) is 2.23. The van der Waals surface area contributed by atoms with Gasteiger partial charge in [-0.1, -0.05) is 0 Å². The van der Waals surface area contributed by atoms with Crippen molar-refractivity contribution in [1.82, 2.24) is 5.32 Å². The van der Waals surface area contributed by atoms with Crippen LogP contribution in [0, 0.1) is 10.1 Å². The molecule has 0 aromatic heterocycles. The van der Waals surface area contributed by atoms with Crippen molar-refractivity contribution in [3.05, 3.63) is 33.9 Å². The van der Waals surface area contributed by atoms with Gasteiger partial charge in [0.1, 0.15) is 0 Å². The first-order valence-electron chi connectivity index (χ1n) is 5.23. The summed E-state index contributed by atoms with van der Waals surface area (Å²) >= 11 is 0. The minimum absolute atomic E-state index is 0.154. The molecular weight excluding hydrogens is 240 g/mol. The summed E-state index contributed by atoms with van der Waals surface area (Å²) in [7, 11) is 1.51. The first kappa shape index (κ1) is 13.9. The minimum atomic E-state index is -0.718. The highest BCUT2D eigenvalue weighted by Gasteiger charge is 2.16. The van der Waals surface area contributed by atoms with Crippen molar-refractivity contribution in [3.63, 3.8) is 0 Å². The van der Waals surface area contributed by atoms with E-state index in [1.165, 1.54) is 13.2 Å². The summed E-state index contributed by atoms with van der Waals surface area (Å²) < 4.78 is 4.86. The molecule has 1 amide bonds. The molecular formula is C11H14N2O5. The number of methoxy groups -OCH3 is 1. The highest BCUT2D eigenvalue weighted by atomic mass is 16.6. The van der Waals surface area contributed by atoms with E-state index in [0.717, 1.165) is 12.1 Å². The topological polar surface area (TPSA) is 102 Å². The average Bonchev–Trinajstić information content (AvgIpc) is 2.28. The summed E-state index contributed by atoms with van der Waals surface area (Å²) in [5.41, 5.74) is -0.280. The number of benzene rings is 1. The van der Waals surface area contributed by atoms with Gasteiger partial charge in [-0.15, -0.1) is 0 Å². The number of ether oxygens (including phenoxy) is 1. The Hall–Kier alpha value is -2.15. The molecule has 2 N–H and O–H groups in total. The number of nitro benzene ring substituents is 1. The number of nitrogens with one attached hydrogen (secondary N) is 1. The smallest absolute Gasteiger partial charge is 0.310 e. The van der Waals surface area contributed by atoms with Crippen molar-refractivity contribution >= 4 is 11.6 Å². The molecule has 7 heteroatoms. The Kier molecular flexibility index (Phi) is 4.61. The number of hydrogen-bond donors (Lipinski definition) is 2. The van der Waals surface area contributed by atoms with Crippen molar-refractivity contribution in [1.29, 1.82) is 0 Å². The number of nitro groups is 1. The molecule has 1 aromatic rings. The number of carbonyl (C=O) groups excluding carboxylic acids is 1. The monoisotopic (exact) mass is 254 g/mol. The van der Waals surface area contributed by atoms with Gasteiger partial charge in [0.05, 0.1) is 11.5 Å². The third-order valence-electron chi connectivity index (χ3n) is 2.23. The number of phenolic OH excluding ortho intramolecular Hbond substituents is 1. The summed E-state index contributed by atoms with van der Waals surface area (Å²) in [6.07, 6.45) is 0. The molecule has 0 saturated heterocycles. The highest BCUT2D eigenvalue weighted by molar-refractivity contribution is 5.95. The van der Waals surface area contributed by atoms with Gasteiger partial charge in [0, 0.05) is 24.8 Å². The molecule has 0 spiro atoms. The van der Waals surface area contributed by atoms with E-state index in [2.05, 4.69) is 5.32 Å². The number of phenols is 1. The average molecular weight is 254 g/mol. The SMILES string of the molecule is COCC(C)NC(=O)c1ccc([N+](=O)[O-])c(O)c1. The van der Waals surface area contributed by atoms with Crippen molar-refractivity contribution in [2.24, 2.45) is 0 Å². The molecule has 0 aliphatic rings. The van der Waals surface area contributed by atoms with Crippen LogP contribution >= 0.6 is 0 Å². The standard InChI is InChI=1S/C11H14N2O5/c1-7(6-18-2)12-11(15)8-3-4-9(13(16)17)10(14)5-8/h3-5,7,14H,6H2,1-2H3,(H,12,15). The largest absolute Gasteiger partial charge is 0.502 e. The van der Waals surface area contributed by atoms with Gasteiger partial charge in [0.2, 0.25) is 0 Å². The van der Waals surface area contributed by atoms with Crippen LogP contribution in [0.1, 0.15) is 17.3 Å². The zero-order chi connectivity index (χ0) is 13.7. The molecule has 0 radical (unpaired) electrons. The van der Waals surface area contributed by atoms with Gasteiger partial charge >= 0.3 is 5.69 Å². The van der Waals surface area contributed by atoms with Crippen LogP contribution in [0.4, 0.5) is 5.69 Å². The molecule has 1 aromatic carbocycles. The molecule has 0 aliphatic heterocycles. The first-order chi connectivity index (χ1) is 8.45. The van der Waals surface area contributed by atoms with Crippen LogP contribution in [-0.4, -0.2) is 35.7 Å². The maximum atomic E-state index is 11.7. The zero-order valence-corrected chi connectivity index (χ0v) is 10.0. The van der Waals surface area contributed by atoms with Crippen LogP contribution < -0.4 is 5.32 Å². The van der Waals surface area contributed by atoms with Crippen LogP contribution in [0.5, 0.6) is 5.75 Å². The summed E-state index contributed by atoms with van der Waals surface area (Å²) in [5.74, 6) is -0.961. The second kappa shape index (κ2) is 5.97. The van der Waals surface area contributed by atoms with Gasteiger partial charge in [0.25, 0.3) is 5.91 Å². The van der Waals surface area contributed by atoms with Gasteiger partial charge in [-0.2, -0.15) is 0 Å². The zero-order valence-electron chi connectivity index (χ0n) is 10.0. The Morgan fingerprint density at radius 3 is 2.78 bits per heavy atom. The lowest BCUT2D eigenvalue weighted by atomic mass is 10.1. The normalized spacial score (nSPS) is 11.9. The van der Waals surface area contributed by atoms with Gasteiger partial charge < -0.3 is 15.2 Å². The van der Waals surface area contributed by atoms with Crippen molar-refractivity contribution in [3.8, 4) is 5.75 Å². The van der Waals surface area contributed by atoms with Crippen molar-refractivity contribution < 1.29 is 19.6 Å². The fourth-order valence-corrected chi connectivity index (χ4v) is 1.42. The molecule has 7 nitrogen and oxygen atoms in total. The number of aromatic hydroxyl groups is 1. The Morgan fingerprint density at radius 1 is 1.61 bits per heavy atom. The van der Waals surface area contributed by atoms with E-state index in [1.54, 1.807) is 6.92 Å². The fourth-order valence-electron chi connectivity index (χ4n) is 1.42. The lowest BCUT2D eigenvalue weighted by Crippen LogP contribution is -2.35. The molecule has 1 rings (SSSR count). The van der Waals surface area contributed by atoms with E-state index < -0.39 is 22.3 Å². The predicted molar refractivity (Wildman–Crippen MR) is 63.6 cm³/mol. The van der Waals surface area contributed by atoms with Gasteiger partial charge in [-0.25, -0.2) is 0 Å². The third kappa shape index (κ3) is 3.42. The number of carbonyl (C=O) groups is 1. The quantitative estimate of drug-likeness (QED) is 0.604. The van der Waals surface area contributed by atoms with E-state index in [1.807, 2.05) is 0 Å². The summed E-state index contributed by atoms with van der Waals surface area (Å²) in [4.78, 5) is 21.5. The lowest BCUT2D eigenvalue weighted by Gasteiger charge is -2.12. The molecule has 18 heavy (non-hydrogen) atoms. The Bertz CT molecular complexity index is 461. The minimum Gasteiger partial charge on any atom is -0.502 e. The molecule has 0 bridgehead atoms. The number of nitrogens with zero attached hydrogens (tertiary/aromatic N) is 1. The maximum Gasteiger partial charge on any atom is 0.310 e.